The summed E-state index contributed by atoms with van der Waals surface area (Å²) in [5.74, 6) is 0. The number of imidazole rings is 1. The van der Waals surface area contributed by atoms with Crippen molar-refractivity contribution in [3.63, 3.8) is 0 Å². The van der Waals surface area contributed by atoms with Gasteiger partial charge in [-0.25, -0.2) is 4.98 Å². The highest BCUT2D eigenvalue weighted by molar-refractivity contribution is 4.97. The van der Waals surface area contributed by atoms with Crippen LogP contribution in [0.15, 0.2) is 12.5 Å². The first-order valence-electron chi connectivity index (χ1n) is 3.72. The van der Waals surface area contributed by atoms with E-state index in [9.17, 15) is 0 Å². The van der Waals surface area contributed by atoms with Gasteiger partial charge in [-0.3, -0.25) is 0 Å². The van der Waals surface area contributed by atoms with Crippen LogP contribution in [0.2, 0.25) is 0 Å². The first kappa shape index (κ1) is 8.27. The second kappa shape index (κ2) is 3.05. The quantitative estimate of drug-likeness (QED) is 0.681. The molecule has 0 saturated carbocycles. The van der Waals surface area contributed by atoms with Gasteiger partial charge >= 0.3 is 0 Å². The molecule has 1 rings (SSSR count). The maximum Gasteiger partial charge on any atom is 0.0921 e. The summed E-state index contributed by atoms with van der Waals surface area (Å²) in [7, 11) is 0. The molecule has 0 unspecified atom stereocenters. The van der Waals surface area contributed by atoms with Crippen molar-refractivity contribution >= 4 is 0 Å². The fourth-order valence-corrected chi connectivity index (χ4v) is 0.953. The van der Waals surface area contributed by atoms with E-state index in [-0.39, 0.29) is 12.0 Å². The zero-order valence-corrected chi connectivity index (χ0v) is 6.96. The second-order valence-corrected chi connectivity index (χ2v) is 3.58. The van der Waals surface area contributed by atoms with Crippen molar-refractivity contribution in [1.29, 1.82) is 0 Å². The fraction of sp³-hybridized carbons (Fsp3) is 0.625. The van der Waals surface area contributed by atoms with Crippen LogP contribution < -0.4 is 0 Å². The van der Waals surface area contributed by atoms with Crippen LogP contribution in [0, 0.1) is 5.41 Å². The number of H-pyrrole nitrogens is 1. The second-order valence-electron chi connectivity index (χ2n) is 3.58. The number of nitrogens with one attached hydrogen (secondary N) is 1. The minimum Gasteiger partial charge on any atom is -0.396 e. The fourth-order valence-electron chi connectivity index (χ4n) is 0.953. The highest BCUT2D eigenvalue weighted by atomic mass is 16.3. The maximum atomic E-state index is 8.96. The minimum absolute atomic E-state index is 0.0491. The van der Waals surface area contributed by atoms with Crippen molar-refractivity contribution in [2.24, 2.45) is 5.41 Å². The molecular weight excluding hydrogens is 140 g/mol. The summed E-state index contributed by atoms with van der Waals surface area (Å²) >= 11 is 0. The molecule has 3 nitrogen and oxygen atoms in total. The van der Waals surface area contributed by atoms with Gasteiger partial charge in [-0.05, 0) is 11.8 Å². The van der Waals surface area contributed by atoms with Gasteiger partial charge in [0.15, 0.2) is 0 Å². The van der Waals surface area contributed by atoms with Gasteiger partial charge in [0.2, 0.25) is 0 Å². The van der Waals surface area contributed by atoms with Crippen LogP contribution in [0.5, 0.6) is 0 Å². The van der Waals surface area contributed by atoms with E-state index in [0.29, 0.717) is 0 Å². The number of hydrogen-bond acceptors (Lipinski definition) is 2. The number of nitrogens with zero attached hydrogens (tertiary/aromatic N) is 1. The lowest BCUT2D eigenvalue weighted by molar-refractivity contribution is 0.159. The first-order chi connectivity index (χ1) is 5.14. The number of aromatic amines is 1. The van der Waals surface area contributed by atoms with Crippen LogP contribution >= 0.6 is 0 Å². The molecule has 0 radical (unpaired) electrons. The number of rotatable bonds is 3. The van der Waals surface area contributed by atoms with E-state index in [0.717, 1.165) is 12.1 Å². The third-order valence-corrected chi connectivity index (χ3v) is 1.65. The number of aliphatic hydroxyl groups is 1. The van der Waals surface area contributed by atoms with E-state index in [4.69, 9.17) is 5.11 Å². The van der Waals surface area contributed by atoms with E-state index in [1.165, 1.54) is 0 Å². The maximum absolute atomic E-state index is 8.96. The third-order valence-electron chi connectivity index (χ3n) is 1.65. The lowest BCUT2D eigenvalue weighted by Crippen LogP contribution is -2.19. The van der Waals surface area contributed by atoms with E-state index in [1.54, 1.807) is 12.5 Å². The Morgan fingerprint density at radius 2 is 2.36 bits per heavy atom. The summed E-state index contributed by atoms with van der Waals surface area (Å²) in [6, 6.07) is 0. The Morgan fingerprint density at radius 1 is 1.64 bits per heavy atom. The van der Waals surface area contributed by atoms with Crippen LogP contribution in [0.25, 0.3) is 0 Å². The average molecular weight is 154 g/mol. The van der Waals surface area contributed by atoms with Crippen molar-refractivity contribution < 1.29 is 5.11 Å². The molecule has 0 atom stereocenters. The van der Waals surface area contributed by atoms with E-state index in [2.05, 4.69) is 9.97 Å². The SMILES string of the molecule is CC(C)(CO)Cc1cnc[nH]1. The lowest BCUT2D eigenvalue weighted by atomic mass is 9.89. The Balaban J connectivity index is 2.56. The van der Waals surface area contributed by atoms with E-state index < -0.39 is 0 Å². The third kappa shape index (κ3) is 2.35. The Labute approximate surface area is 66.5 Å². The number of hydrogen-bond donors (Lipinski definition) is 2. The first-order valence-corrected chi connectivity index (χ1v) is 3.72. The Kier molecular flexibility index (Phi) is 2.29. The predicted molar refractivity (Wildman–Crippen MR) is 43.2 cm³/mol. The highest BCUT2D eigenvalue weighted by Crippen LogP contribution is 2.18. The molecule has 0 aliphatic heterocycles. The van der Waals surface area contributed by atoms with E-state index >= 15 is 0 Å². The normalized spacial score (nSPS) is 11.9. The zero-order chi connectivity index (χ0) is 8.32. The molecule has 0 spiro atoms. The van der Waals surface area contributed by atoms with Crippen LogP contribution in [-0.4, -0.2) is 21.7 Å². The largest absolute Gasteiger partial charge is 0.396 e. The molecule has 0 aromatic carbocycles. The topological polar surface area (TPSA) is 48.9 Å². The molecule has 0 aliphatic rings. The standard InChI is InChI=1S/C8H14N2O/c1-8(2,5-11)3-7-4-9-6-10-7/h4,6,11H,3,5H2,1-2H3,(H,9,10). The Bertz CT molecular complexity index is 204. The van der Waals surface area contributed by atoms with Crippen molar-refractivity contribution in [2.75, 3.05) is 6.61 Å². The average Bonchev–Trinajstić information content (AvgIpc) is 2.39. The zero-order valence-electron chi connectivity index (χ0n) is 6.96. The minimum atomic E-state index is -0.0491. The predicted octanol–water partition coefficient (Wildman–Crippen LogP) is 0.971. The molecule has 1 heterocycles. The molecule has 2 N–H and O–H groups in total. The number of aromatic nitrogens is 2. The van der Waals surface area contributed by atoms with Crippen molar-refractivity contribution in [3.8, 4) is 0 Å². The number of aliphatic hydroxyl groups excluding tert-OH is 1. The molecule has 1 aromatic rings. The van der Waals surface area contributed by atoms with E-state index in [1.807, 2.05) is 13.8 Å². The van der Waals surface area contributed by atoms with Crippen molar-refractivity contribution in [2.45, 2.75) is 20.3 Å². The van der Waals surface area contributed by atoms with Gasteiger partial charge in [-0.2, -0.15) is 0 Å². The van der Waals surface area contributed by atoms with Gasteiger partial charge in [0.1, 0.15) is 0 Å². The van der Waals surface area contributed by atoms with Gasteiger partial charge in [0, 0.05) is 18.5 Å². The van der Waals surface area contributed by atoms with Gasteiger partial charge in [0.25, 0.3) is 0 Å². The summed E-state index contributed by atoms with van der Waals surface area (Å²) in [6.07, 6.45) is 4.28. The smallest absolute Gasteiger partial charge is 0.0921 e. The van der Waals surface area contributed by atoms with Crippen molar-refractivity contribution in [1.82, 2.24) is 9.97 Å². The molecule has 3 heteroatoms. The Hall–Kier alpha value is -0.830. The molecule has 0 fully saturated rings. The lowest BCUT2D eigenvalue weighted by Gasteiger charge is -2.19. The summed E-state index contributed by atoms with van der Waals surface area (Å²) in [5.41, 5.74) is 1.02. The molecular formula is C8H14N2O. The van der Waals surface area contributed by atoms with Gasteiger partial charge in [0.05, 0.1) is 6.33 Å². The molecule has 0 amide bonds. The monoisotopic (exact) mass is 154 g/mol. The van der Waals surface area contributed by atoms with Gasteiger partial charge in [-0.1, -0.05) is 13.8 Å². The Morgan fingerprint density at radius 3 is 2.82 bits per heavy atom. The summed E-state index contributed by atoms with van der Waals surface area (Å²) < 4.78 is 0. The van der Waals surface area contributed by atoms with Crippen LogP contribution in [0.4, 0.5) is 0 Å². The molecule has 0 saturated heterocycles. The summed E-state index contributed by atoms with van der Waals surface area (Å²) in [5, 5.41) is 8.96. The van der Waals surface area contributed by atoms with Crippen molar-refractivity contribution in [3.05, 3.63) is 18.2 Å². The van der Waals surface area contributed by atoms with Gasteiger partial charge in [-0.15, -0.1) is 0 Å². The molecule has 0 aliphatic carbocycles. The molecule has 1 aromatic heterocycles. The van der Waals surface area contributed by atoms with Gasteiger partial charge < -0.3 is 10.1 Å². The molecule has 0 bridgehead atoms. The molecule has 11 heavy (non-hydrogen) atoms. The molecule has 62 valence electrons. The van der Waals surface area contributed by atoms with Crippen LogP contribution in [0.3, 0.4) is 0 Å². The summed E-state index contributed by atoms with van der Waals surface area (Å²) in [6.45, 7) is 4.24. The highest BCUT2D eigenvalue weighted by Gasteiger charge is 2.17. The van der Waals surface area contributed by atoms with Crippen LogP contribution in [-0.2, 0) is 6.42 Å². The van der Waals surface area contributed by atoms with Crippen LogP contribution in [0.1, 0.15) is 19.5 Å². The summed E-state index contributed by atoms with van der Waals surface area (Å²) in [4.78, 5) is 6.91.